The van der Waals surface area contributed by atoms with Crippen molar-refractivity contribution < 1.29 is 4.79 Å². The number of benzene rings is 2. The van der Waals surface area contributed by atoms with Crippen LogP contribution in [0.5, 0.6) is 0 Å². The maximum atomic E-state index is 12.3. The van der Waals surface area contributed by atoms with Crippen molar-refractivity contribution in [2.75, 3.05) is 5.32 Å². The van der Waals surface area contributed by atoms with Gasteiger partial charge in [0.1, 0.15) is 0 Å². The summed E-state index contributed by atoms with van der Waals surface area (Å²) in [6.07, 6.45) is 0. The molecule has 0 aliphatic heterocycles. The molecule has 0 fully saturated rings. The molecule has 2 aromatic carbocycles. The molecule has 0 aromatic heterocycles. The molecule has 104 valence electrons. The van der Waals surface area contributed by atoms with Crippen LogP contribution in [0.25, 0.3) is 0 Å². The number of nitrogens with one attached hydrogen (secondary N) is 1. The van der Waals surface area contributed by atoms with Crippen molar-refractivity contribution >= 4 is 27.5 Å². The van der Waals surface area contributed by atoms with Crippen molar-refractivity contribution in [2.45, 2.75) is 27.7 Å². The minimum Gasteiger partial charge on any atom is -0.322 e. The first-order valence-electron chi connectivity index (χ1n) is 6.54. The lowest BCUT2D eigenvalue weighted by molar-refractivity contribution is 0.102. The zero-order chi connectivity index (χ0) is 14.9. The van der Waals surface area contributed by atoms with Crippen LogP contribution in [0.1, 0.15) is 32.6 Å². The van der Waals surface area contributed by atoms with E-state index in [4.69, 9.17) is 0 Å². The van der Waals surface area contributed by atoms with Crippen LogP contribution in [-0.2, 0) is 0 Å². The largest absolute Gasteiger partial charge is 0.322 e. The summed E-state index contributed by atoms with van der Waals surface area (Å²) < 4.78 is 1.02. The third-order valence-electron chi connectivity index (χ3n) is 3.51. The molecule has 1 amide bonds. The van der Waals surface area contributed by atoms with E-state index in [1.54, 1.807) is 0 Å². The molecule has 0 spiro atoms. The third-order valence-corrected chi connectivity index (χ3v) is 3.96. The van der Waals surface area contributed by atoms with Gasteiger partial charge in [0.2, 0.25) is 0 Å². The molecule has 0 saturated carbocycles. The fourth-order valence-electron chi connectivity index (χ4n) is 2.18. The molecule has 0 heterocycles. The predicted molar refractivity (Wildman–Crippen MR) is 87.5 cm³/mol. The summed E-state index contributed by atoms with van der Waals surface area (Å²) in [6, 6.07) is 9.77. The maximum absolute atomic E-state index is 12.3. The molecule has 1 N–H and O–H groups in total. The van der Waals surface area contributed by atoms with Gasteiger partial charge in [-0.15, -0.1) is 0 Å². The first kappa shape index (κ1) is 14.8. The Morgan fingerprint density at radius 2 is 1.50 bits per heavy atom. The quantitative estimate of drug-likeness (QED) is 0.830. The predicted octanol–water partition coefficient (Wildman–Crippen LogP) is 4.94. The lowest BCUT2D eigenvalue weighted by atomic mass is 10.0. The number of anilines is 1. The molecule has 0 atom stereocenters. The molecular formula is C17H18BrNO. The Morgan fingerprint density at radius 1 is 0.900 bits per heavy atom. The molecule has 0 aliphatic rings. The van der Waals surface area contributed by atoms with Crippen molar-refractivity contribution in [1.82, 2.24) is 0 Å². The third kappa shape index (κ3) is 3.10. The fourth-order valence-corrected chi connectivity index (χ4v) is 2.86. The Hall–Kier alpha value is -1.61. The van der Waals surface area contributed by atoms with Gasteiger partial charge in [-0.05, 0) is 74.2 Å². The zero-order valence-corrected chi connectivity index (χ0v) is 13.8. The molecule has 0 unspecified atom stereocenters. The number of hydrogen-bond acceptors (Lipinski definition) is 1. The van der Waals surface area contributed by atoms with E-state index >= 15 is 0 Å². The van der Waals surface area contributed by atoms with Gasteiger partial charge in [-0.2, -0.15) is 0 Å². The van der Waals surface area contributed by atoms with Crippen LogP contribution >= 0.6 is 15.9 Å². The fraction of sp³-hybridized carbons (Fsp3) is 0.235. The first-order valence-corrected chi connectivity index (χ1v) is 7.33. The van der Waals surface area contributed by atoms with Gasteiger partial charge in [0.05, 0.1) is 0 Å². The van der Waals surface area contributed by atoms with Crippen LogP contribution in [0.2, 0.25) is 0 Å². The summed E-state index contributed by atoms with van der Waals surface area (Å²) in [7, 11) is 0. The van der Waals surface area contributed by atoms with Crippen LogP contribution in [0.15, 0.2) is 34.8 Å². The van der Waals surface area contributed by atoms with Gasteiger partial charge in [-0.3, -0.25) is 4.79 Å². The second kappa shape index (κ2) is 5.80. The Morgan fingerprint density at radius 3 is 2.05 bits per heavy atom. The second-order valence-corrected chi connectivity index (χ2v) is 6.08. The average Bonchev–Trinajstić information content (AvgIpc) is 2.36. The van der Waals surface area contributed by atoms with E-state index in [2.05, 4.69) is 21.2 Å². The van der Waals surface area contributed by atoms with Gasteiger partial charge in [0, 0.05) is 15.7 Å². The molecule has 20 heavy (non-hydrogen) atoms. The number of carbonyl (C=O) groups is 1. The topological polar surface area (TPSA) is 29.1 Å². The van der Waals surface area contributed by atoms with E-state index in [0.717, 1.165) is 26.9 Å². The van der Waals surface area contributed by atoms with Gasteiger partial charge >= 0.3 is 0 Å². The van der Waals surface area contributed by atoms with E-state index in [0.29, 0.717) is 5.56 Å². The van der Waals surface area contributed by atoms with Crippen LogP contribution in [0.4, 0.5) is 5.69 Å². The second-order valence-electron chi connectivity index (χ2n) is 5.17. The molecule has 0 aliphatic carbocycles. The van der Waals surface area contributed by atoms with Gasteiger partial charge in [0.15, 0.2) is 0 Å². The summed E-state index contributed by atoms with van der Waals surface area (Å²) in [5.41, 5.74) is 5.99. The van der Waals surface area contributed by atoms with E-state index < -0.39 is 0 Å². The number of carbonyl (C=O) groups excluding carboxylic acids is 1. The standard InChI is InChI=1S/C17H18BrNO/c1-10-5-6-14(7-11(10)2)17(20)19-16-12(3)8-15(18)9-13(16)4/h5-9H,1-4H3,(H,19,20). The highest BCUT2D eigenvalue weighted by atomic mass is 79.9. The number of hydrogen-bond donors (Lipinski definition) is 1. The van der Waals surface area contributed by atoms with Gasteiger partial charge in [-0.1, -0.05) is 22.0 Å². The summed E-state index contributed by atoms with van der Waals surface area (Å²) in [5, 5.41) is 3.01. The highest BCUT2D eigenvalue weighted by Crippen LogP contribution is 2.25. The molecular weight excluding hydrogens is 314 g/mol. The van der Waals surface area contributed by atoms with Crippen LogP contribution in [-0.4, -0.2) is 5.91 Å². The van der Waals surface area contributed by atoms with E-state index in [1.165, 1.54) is 5.56 Å². The Bertz CT molecular complexity index is 654. The summed E-state index contributed by atoms with van der Waals surface area (Å²) >= 11 is 3.46. The molecule has 0 bridgehead atoms. The van der Waals surface area contributed by atoms with Crippen molar-refractivity contribution in [1.29, 1.82) is 0 Å². The summed E-state index contributed by atoms with van der Waals surface area (Å²) in [6.45, 7) is 8.05. The lowest BCUT2D eigenvalue weighted by Crippen LogP contribution is -2.14. The SMILES string of the molecule is Cc1ccc(C(=O)Nc2c(C)cc(Br)cc2C)cc1C. The molecule has 0 radical (unpaired) electrons. The molecule has 2 nitrogen and oxygen atoms in total. The minimum atomic E-state index is -0.0679. The monoisotopic (exact) mass is 331 g/mol. The van der Waals surface area contributed by atoms with Gasteiger partial charge in [0.25, 0.3) is 5.91 Å². The maximum Gasteiger partial charge on any atom is 0.255 e. The molecule has 0 saturated heterocycles. The number of amides is 1. The Labute approximate surface area is 128 Å². The van der Waals surface area contributed by atoms with Crippen molar-refractivity contribution in [3.05, 3.63) is 62.6 Å². The zero-order valence-electron chi connectivity index (χ0n) is 12.2. The molecule has 2 rings (SSSR count). The van der Waals surface area contributed by atoms with Crippen molar-refractivity contribution in [2.24, 2.45) is 0 Å². The van der Waals surface area contributed by atoms with E-state index in [-0.39, 0.29) is 5.91 Å². The Balaban J connectivity index is 2.30. The summed E-state index contributed by atoms with van der Waals surface area (Å²) in [4.78, 5) is 12.3. The van der Waals surface area contributed by atoms with Gasteiger partial charge in [-0.25, -0.2) is 0 Å². The Kier molecular flexibility index (Phi) is 4.29. The minimum absolute atomic E-state index is 0.0679. The number of halogens is 1. The smallest absolute Gasteiger partial charge is 0.255 e. The number of aryl methyl sites for hydroxylation is 4. The van der Waals surface area contributed by atoms with Crippen LogP contribution in [0.3, 0.4) is 0 Å². The van der Waals surface area contributed by atoms with E-state index in [9.17, 15) is 4.79 Å². The van der Waals surface area contributed by atoms with Crippen molar-refractivity contribution in [3.8, 4) is 0 Å². The van der Waals surface area contributed by atoms with Crippen molar-refractivity contribution in [3.63, 3.8) is 0 Å². The van der Waals surface area contributed by atoms with Gasteiger partial charge < -0.3 is 5.32 Å². The van der Waals surface area contributed by atoms with Crippen LogP contribution in [0, 0.1) is 27.7 Å². The highest BCUT2D eigenvalue weighted by Gasteiger charge is 2.11. The lowest BCUT2D eigenvalue weighted by Gasteiger charge is -2.13. The normalized spacial score (nSPS) is 10.4. The first-order chi connectivity index (χ1) is 9.38. The highest BCUT2D eigenvalue weighted by molar-refractivity contribution is 9.10. The molecule has 2 aromatic rings. The van der Waals surface area contributed by atoms with E-state index in [1.807, 2.05) is 58.0 Å². The number of rotatable bonds is 2. The molecule has 3 heteroatoms. The van der Waals surface area contributed by atoms with Crippen LogP contribution < -0.4 is 5.32 Å². The summed E-state index contributed by atoms with van der Waals surface area (Å²) in [5.74, 6) is -0.0679. The average molecular weight is 332 g/mol.